The number of hydrogen-bond acceptors (Lipinski definition) is 3. The summed E-state index contributed by atoms with van der Waals surface area (Å²) in [5.41, 5.74) is 6.15. The van der Waals surface area contributed by atoms with Crippen LogP contribution in [0.2, 0.25) is 0 Å². The molecule has 2 aromatic carbocycles. The molecule has 3 aromatic rings. The highest BCUT2D eigenvalue weighted by atomic mass is 16.2. The van der Waals surface area contributed by atoms with E-state index in [1.165, 1.54) is 0 Å². The van der Waals surface area contributed by atoms with Gasteiger partial charge in [0.2, 0.25) is 0 Å². The van der Waals surface area contributed by atoms with E-state index in [2.05, 4.69) is 15.5 Å². The van der Waals surface area contributed by atoms with Crippen LogP contribution in [-0.2, 0) is 0 Å². The highest BCUT2D eigenvalue weighted by Crippen LogP contribution is 2.19. The van der Waals surface area contributed by atoms with E-state index >= 15 is 0 Å². The van der Waals surface area contributed by atoms with Crippen LogP contribution in [0, 0.1) is 0 Å². The molecule has 1 N–H and O–H groups in total. The van der Waals surface area contributed by atoms with Crippen molar-refractivity contribution < 1.29 is 4.79 Å². The minimum Gasteiger partial charge on any atom is -0.267 e. The number of nitrogens with one attached hydrogen (secondary N) is 1. The molecule has 0 saturated carbocycles. The Hall–Kier alpha value is -3.27. The standard InChI is InChI=1S/C19H15N3O/c23-19(22-21-14-15-10-12-20-13-11-15)18-8-6-17(7-9-18)16-4-2-1-3-5-16/h1-14H,(H,22,23)/b21-14+. The van der Waals surface area contributed by atoms with Crippen LogP contribution in [-0.4, -0.2) is 17.1 Å². The van der Waals surface area contributed by atoms with Gasteiger partial charge >= 0.3 is 0 Å². The Labute approximate surface area is 134 Å². The lowest BCUT2D eigenvalue weighted by Crippen LogP contribution is -2.17. The number of carbonyl (C=O) groups is 1. The molecule has 0 bridgehead atoms. The predicted octanol–water partition coefficient (Wildman–Crippen LogP) is 3.51. The van der Waals surface area contributed by atoms with Gasteiger partial charge in [-0.15, -0.1) is 0 Å². The van der Waals surface area contributed by atoms with Gasteiger partial charge in [-0.3, -0.25) is 9.78 Å². The molecule has 0 aliphatic carbocycles. The van der Waals surface area contributed by atoms with Crippen molar-refractivity contribution in [2.24, 2.45) is 5.10 Å². The van der Waals surface area contributed by atoms with Crippen molar-refractivity contribution in [1.82, 2.24) is 10.4 Å². The third kappa shape index (κ3) is 3.89. The lowest BCUT2D eigenvalue weighted by Gasteiger charge is -2.03. The zero-order valence-corrected chi connectivity index (χ0v) is 12.4. The first-order chi connectivity index (χ1) is 11.3. The summed E-state index contributed by atoms with van der Waals surface area (Å²) < 4.78 is 0. The number of benzene rings is 2. The Morgan fingerprint density at radius 1 is 0.870 bits per heavy atom. The molecule has 3 rings (SSSR count). The normalized spacial score (nSPS) is 10.6. The quantitative estimate of drug-likeness (QED) is 0.592. The smallest absolute Gasteiger partial charge is 0.267 e. The van der Waals surface area contributed by atoms with Gasteiger partial charge in [0.05, 0.1) is 6.21 Å². The molecule has 0 spiro atoms. The summed E-state index contributed by atoms with van der Waals surface area (Å²) in [6.07, 6.45) is 4.93. The molecule has 23 heavy (non-hydrogen) atoms. The maximum atomic E-state index is 12.0. The highest BCUT2D eigenvalue weighted by Gasteiger charge is 2.04. The van der Waals surface area contributed by atoms with Crippen molar-refractivity contribution in [2.75, 3.05) is 0 Å². The third-order valence-electron chi connectivity index (χ3n) is 3.34. The topological polar surface area (TPSA) is 54.4 Å². The maximum absolute atomic E-state index is 12.0. The van der Waals surface area contributed by atoms with Crippen molar-refractivity contribution in [2.45, 2.75) is 0 Å². The second kappa shape index (κ2) is 7.13. The van der Waals surface area contributed by atoms with Gasteiger partial charge in [0.15, 0.2) is 0 Å². The van der Waals surface area contributed by atoms with Gasteiger partial charge in [0, 0.05) is 18.0 Å². The average molecular weight is 301 g/mol. The van der Waals surface area contributed by atoms with E-state index in [1.807, 2.05) is 54.6 Å². The second-order valence-corrected chi connectivity index (χ2v) is 4.92. The summed E-state index contributed by atoms with van der Waals surface area (Å²) >= 11 is 0. The van der Waals surface area contributed by atoms with Crippen LogP contribution in [0.5, 0.6) is 0 Å². The Kier molecular flexibility index (Phi) is 4.55. The Balaban J connectivity index is 1.65. The molecule has 0 unspecified atom stereocenters. The molecule has 0 aliphatic rings. The highest BCUT2D eigenvalue weighted by molar-refractivity contribution is 5.95. The van der Waals surface area contributed by atoms with Gasteiger partial charge in [-0.1, -0.05) is 42.5 Å². The minimum atomic E-state index is -0.241. The molecule has 0 atom stereocenters. The van der Waals surface area contributed by atoms with Crippen molar-refractivity contribution in [3.8, 4) is 11.1 Å². The van der Waals surface area contributed by atoms with E-state index in [-0.39, 0.29) is 5.91 Å². The van der Waals surface area contributed by atoms with Crippen LogP contribution in [0.1, 0.15) is 15.9 Å². The van der Waals surface area contributed by atoms with E-state index in [0.29, 0.717) is 5.56 Å². The Bertz CT molecular complexity index is 797. The number of carbonyl (C=O) groups excluding carboxylic acids is 1. The van der Waals surface area contributed by atoms with Crippen LogP contribution in [0.15, 0.2) is 84.2 Å². The van der Waals surface area contributed by atoms with E-state index in [9.17, 15) is 4.79 Å². The second-order valence-electron chi connectivity index (χ2n) is 4.92. The molecule has 4 nitrogen and oxygen atoms in total. The van der Waals surface area contributed by atoms with Crippen molar-refractivity contribution in [3.63, 3.8) is 0 Å². The summed E-state index contributed by atoms with van der Waals surface area (Å²) in [7, 11) is 0. The van der Waals surface area contributed by atoms with Gasteiger partial charge in [-0.25, -0.2) is 5.43 Å². The van der Waals surface area contributed by atoms with Crippen molar-refractivity contribution in [3.05, 3.63) is 90.3 Å². The van der Waals surface area contributed by atoms with Crippen LogP contribution in [0.3, 0.4) is 0 Å². The zero-order valence-electron chi connectivity index (χ0n) is 12.4. The monoisotopic (exact) mass is 301 g/mol. The van der Waals surface area contributed by atoms with Gasteiger partial charge < -0.3 is 0 Å². The first-order valence-corrected chi connectivity index (χ1v) is 7.22. The molecular weight excluding hydrogens is 286 g/mol. The SMILES string of the molecule is O=C(N/N=C/c1ccncc1)c1ccc(-c2ccccc2)cc1. The van der Waals surface area contributed by atoms with Gasteiger partial charge in [0.25, 0.3) is 5.91 Å². The van der Waals surface area contributed by atoms with Crippen LogP contribution >= 0.6 is 0 Å². The van der Waals surface area contributed by atoms with Crippen molar-refractivity contribution in [1.29, 1.82) is 0 Å². The number of hydrogen-bond donors (Lipinski definition) is 1. The lowest BCUT2D eigenvalue weighted by atomic mass is 10.0. The molecule has 112 valence electrons. The van der Waals surface area contributed by atoms with Crippen LogP contribution < -0.4 is 5.43 Å². The summed E-state index contributed by atoms with van der Waals surface area (Å²) in [6, 6.07) is 21.1. The Morgan fingerprint density at radius 2 is 1.52 bits per heavy atom. The fourth-order valence-electron chi connectivity index (χ4n) is 2.12. The third-order valence-corrected chi connectivity index (χ3v) is 3.34. The van der Waals surface area contributed by atoms with Crippen molar-refractivity contribution >= 4 is 12.1 Å². The molecule has 0 radical (unpaired) electrons. The summed E-state index contributed by atoms with van der Waals surface area (Å²) in [4.78, 5) is 16.0. The molecule has 0 saturated heterocycles. The first kappa shape index (κ1) is 14.7. The van der Waals surface area contributed by atoms with E-state index in [4.69, 9.17) is 0 Å². The largest absolute Gasteiger partial charge is 0.271 e. The number of aromatic nitrogens is 1. The number of pyridine rings is 1. The van der Waals surface area contributed by atoms with Gasteiger partial charge in [-0.05, 0) is 41.0 Å². The number of amides is 1. The summed E-state index contributed by atoms with van der Waals surface area (Å²) in [5.74, 6) is -0.241. The van der Waals surface area contributed by atoms with Crippen LogP contribution in [0.4, 0.5) is 0 Å². The van der Waals surface area contributed by atoms with Gasteiger partial charge in [0.1, 0.15) is 0 Å². The predicted molar refractivity (Wildman–Crippen MR) is 91.2 cm³/mol. The fourth-order valence-corrected chi connectivity index (χ4v) is 2.12. The lowest BCUT2D eigenvalue weighted by molar-refractivity contribution is 0.0955. The van der Waals surface area contributed by atoms with E-state index in [1.54, 1.807) is 30.7 Å². The molecule has 1 amide bonds. The number of rotatable bonds is 4. The molecular formula is C19H15N3O. The minimum absolute atomic E-state index is 0.241. The maximum Gasteiger partial charge on any atom is 0.271 e. The van der Waals surface area contributed by atoms with E-state index in [0.717, 1.165) is 16.7 Å². The first-order valence-electron chi connectivity index (χ1n) is 7.22. The van der Waals surface area contributed by atoms with Gasteiger partial charge in [-0.2, -0.15) is 5.10 Å². The molecule has 0 fully saturated rings. The average Bonchev–Trinajstić information content (AvgIpc) is 2.63. The molecule has 1 aromatic heterocycles. The van der Waals surface area contributed by atoms with Crippen LogP contribution in [0.25, 0.3) is 11.1 Å². The number of hydrazone groups is 1. The fraction of sp³-hybridized carbons (Fsp3) is 0. The molecule has 0 aliphatic heterocycles. The molecule has 4 heteroatoms. The summed E-state index contributed by atoms with van der Waals surface area (Å²) in [5, 5.41) is 3.95. The zero-order chi connectivity index (χ0) is 15.9. The summed E-state index contributed by atoms with van der Waals surface area (Å²) in [6.45, 7) is 0. The Morgan fingerprint density at radius 3 is 2.22 bits per heavy atom. The van der Waals surface area contributed by atoms with E-state index < -0.39 is 0 Å². The molecule has 1 heterocycles. The number of nitrogens with zero attached hydrogens (tertiary/aromatic N) is 2.